The molecule has 1 aromatic carbocycles. The van der Waals surface area contributed by atoms with Crippen LogP contribution in [0, 0.1) is 29.1 Å². The predicted octanol–water partition coefficient (Wildman–Crippen LogP) is 4.05. The molecular formula is C23H30Cl2N4O. The van der Waals surface area contributed by atoms with Crippen molar-refractivity contribution in [3.05, 3.63) is 33.8 Å². The second-order valence-electron chi connectivity index (χ2n) is 9.60. The van der Waals surface area contributed by atoms with Gasteiger partial charge in [0.05, 0.1) is 40.2 Å². The normalized spacial score (nSPS) is 33.7. The maximum absolute atomic E-state index is 10.8. The number of halogens is 2. The van der Waals surface area contributed by atoms with Crippen LogP contribution >= 0.6 is 23.2 Å². The fourth-order valence-corrected chi connectivity index (χ4v) is 6.47. The van der Waals surface area contributed by atoms with E-state index in [9.17, 15) is 10.4 Å². The molecule has 0 spiro atoms. The molecule has 4 bridgehead atoms. The first-order valence-corrected chi connectivity index (χ1v) is 11.6. The topological polar surface area (TPSA) is 85.6 Å². The molecule has 0 heterocycles. The van der Waals surface area contributed by atoms with E-state index in [0.717, 1.165) is 50.6 Å². The monoisotopic (exact) mass is 448 g/mol. The first-order valence-electron chi connectivity index (χ1n) is 10.8. The quantitative estimate of drug-likeness (QED) is 0.486. The standard InChI is InChI=1S/C23H30Cl2N4O/c1-29(7-5-14-2-3-18(24)19(25)10-14)20(4-6-26)22(27)28-21-16-8-15-9-17(21)13-23(30,11-15)12-16/h2-3,10,15-17,20-21,30H,4-5,7-9,11-13H2,1H3,(H2,27,28). The Morgan fingerprint density at radius 2 is 2.00 bits per heavy atom. The molecule has 5 nitrogen and oxygen atoms in total. The van der Waals surface area contributed by atoms with E-state index >= 15 is 0 Å². The van der Waals surface area contributed by atoms with Crippen molar-refractivity contribution in [1.82, 2.24) is 4.90 Å². The van der Waals surface area contributed by atoms with Crippen molar-refractivity contribution in [3.63, 3.8) is 0 Å². The Balaban J connectivity index is 1.44. The summed E-state index contributed by atoms with van der Waals surface area (Å²) >= 11 is 12.1. The molecule has 3 N–H and O–H groups in total. The molecule has 162 valence electrons. The fraction of sp³-hybridized carbons (Fsp3) is 0.652. The zero-order valence-electron chi connectivity index (χ0n) is 17.4. The van der Waals surface area contributed by atoms with Gasteiger partial charge in [-0.05, 0) is 81.0 Å². The van der Waals surface area contributed by atoms with Crippen LogP contribution in [0.2, 0.25) is 10.0 Å². The van der Waals surface area contributed by atoms with Crippen LogP contribution in [-0.2, 0) is 6.42 Å². The number of nitrogens with two attached hydrogens (primary N) is 1. The molecule has 4 aliphatic rings. The van der Waals surface area contributed by atoms with E-state index in [1.807, 2.05) is 25.2 Å². The molecule has 3 unspecified atom stereocenters. The fourth-order valence-electron chi connectivity index (χ4n) is 6.15. The summed E-state index contributed by atoms with van der Waals surface area (Å²) in [7, 11) is 1.99. The van der Waals surface area contributed by atoms with E-state index in [2.05, 4.69) is 11.0 Å². The van der Waals surface area contributed by atoms with Gasteiger partial charge in [-0.1, -0.05) is 29.3 Å². The molecule has 30 heavy (non-hydrogen) atoms. The largest absolute Gasteiger partial charge is 0.390 e. The average molecular weight is 449 g/mol. The van der Waals surface area contributed by atoms with Crippen LogP contribution in [0.3, 0.4) is 0 Å². The van der Waals surface area contributed by atoms with Gasteiger partial charge in [-0.3, -0.25) is 9.89 Å². The highest BCUT2D eigenvalue weighted by Crippen LogP contribution is 2.56. The van der Waals surface area contributed by atoms with Crippen LogP contribution < -0.4 is 5.73 Å². The van der Waals surface area contributed by atoms with Gasteiger partial charge < -0.3 is 10.8 Å². The molecule has 0 amide bonds. The predicted molar refractivity (Wildman–Crippen MR) is 121 cm³/mol. The van der Waals surface area contributed by atoms with Gasteiger partial charge in [0.25, 0.3) is 0 Å². The minimum atomic E-state index is -0.472. The Morgan fingerprint density at radius 1 is 1.30 bits per heavy atom. The molecule has 0 saturated heterocycles. The summed E-state index contributed by atoms with van der Waals surface area (Å²) in [6, 6.07) is 7.91. The SMILES string of the molecule is CN(CCc1ccc(Cl)c(Cl)c1)C(CC#N)C(N)=NC1C2CC3CC1CC(O)(C3)C2. The lowest BCUT2D eigenvalue weighted by Crippen LogP contribution is -2.57. The van der Waals surface area contributed by atoms with E-state index in [4.69, 9.17) is 33.9 Å². The van der Waals surface area contributed by atoms with E-state index in [1.165, 1.54) is 0 Å². The summed E-state index contributed by atoms with van der Waals surface area (Å²) in [4.78, 5) is 7.08. The number of nitriles is 1. The zero-order valence-corrected chi connectivity index (χ0v) is 18.9. The number of nitrogens with zero attached hydrogens (tertiary/aromatic N) is 3. The summed E-state index contributed by atoms with van der Waals surface area (Å²) in [6.45, 7) is 0.736. The maximum Gasteiger partial charge on any atom is 0.113 e. The maximum atomic E-state index is 10.8. The molecule has 0 radical (unpaired) electrons. The number of hydrogen-bond donors (Lipinski definition) is 2. The molecule has 0 aromatic heterocycles. The smallest absolute Gasteiger partial charge is 0.113 e. The van der Waals surface area contributed by atoms with Crippen molar-refractivity contribution in [2.75, 3.05) is 13.6 Å². The molecule has 1 aromatic rings. The third kappa shape index (κ3) is 4.48. The molecular weight excluding hydrogens is 419 g/mol. The first kappa shape index (κ1) is 21.9. The third-order valence-electron chi connectivity index (χ3n) is 7.38. The van der Waals surface area contributed by atoms with Gasteiger partial charge in [-0.25, -0.2) is 0 Å². The number of benzene rings is 1. The van der Waals surface area contributed by atoms with Crippen LogP contribution in [0.4, 0.5) is 0 Å². The number of hydrogen-bond acceptors (Lipinski definition) is 4. The van der Waals surface area contributed by atoms with Gasteiger partial charge >= 0.3 is 0 Å². The second kappa shape index (κ2) is 8.67. The highest BCUT2D eigenvalue weighted by Gasteiger charge is 2.54. The van der Waals surface area contributed by atoms with Gasteiger partial charge in [0.15, 0.2) is 0 Å². The Bertz CT molecular complexity index is 851. The molecule has 0 aliphatic heterocycles. The highest BCUT2D eigenvalue weighted by atomic mass is 35.5. The Kier molecular flexibility index (Phi) is 6.33. The minimum Gasteiger partial charge on any atom is -0.390 e. The lowest BCUT2D eigenvalue weighted by molar-refractivity contribution is -0.132. The Labute approximate surface area is 188 Å². The highest BCUT2D eigenvalue weighted by molar-refractivity contribution is 6.42. The minimum absolute atomic E-state index is 0.187. The van der Waals surface area contributed by atoms with Gasteiger partial charge in [0.1, 0.15) is 5.84 Å². The first-order chi connectivity index (χ1) is 14.3. The molecule has 3 atom stereocenters. The van der Waals surface area contributed by atoms with Crippen LogP contribution in [0.5, 0.6) is 0 Å². The summed E-state index contributed by atoms with van der Waals surface area (Å²) in [5.74, 6) is 2.04. The molecule has 7 heteroatoms. The van der Waals surface area contributed by atoms with Crippen LogP contribution in [0.1, 0.15) is 44.1 Å². The van der Waals surface area contributed by atoms with Crippen molar-refractivity contribution in [3.8, 4) is 6.07 Å². The number of rotatable bonds is 7. The summed E-state index contributed by atoms with van der Waals surface area (Å²) < 4.78 is 0. The van der Waals surface area contributed by atoms with Gasteiger partial charge in [0, 0.05) is 6.54 Å². The number of aliphatic imine (C=N–C) groups is 1. The van der Waals surface area contributed by atoms with Crippen LogP contribution in [-0.4, -0.2) is 47.1 Å². The number of amidine groups is 1. The summed E-state index contributed by atoms with van der Waals surface area (Å²) in [5, 5.41) is 21.3. The molecule has 4 fully saturated rings. The van der Waals surface area contributed by atoms with Crippen LogP contribution in [0.15, 0.2) is 23.2 Å². The summed E-state index contributed by atoms with van der Waals surface area (Å²) in [5.41, 5.74) is 7.11. The lowest BCUT2D eigenvalue weighted by atomic mass is 9.52. The van der Waals surface area contributed by atoms with Crippen LogP contribution in [0.25, 0.3) is 0 Å². The van der Waals surface area contributed by atoms with Gasteiger partial charge in [-0.15, -0.1) is 0 Å². The van der Waals surface area contributed by atoms with Crippen molar-refractivity contribution in [2.45, 2.75) is 62.6 Å². The van der Waals surface area contributed by atoms with Gasteiger partial charge in [0.2, 0.25) is 0 Å². The number of likely N-dealkylation sites (N-methyl/N-ethyl adjacent to an activating group) is 1. The lowest BCUT2D eigenvalue weighted by Gasteiger charge is -2.57. The Morgan fingerprint density at radius 3 is 2.60 bits per heavy atom. The second-order valence-corrected chi connectivity index (χ2v) is 10.4. The Hall–Kier alpha value is -1.32. The zero-order chi connectivity index (χ0) is 21.5. The summed E-state index contributed by atoms with van der Waals surface area (Å²) in [6.07, 6.45) is 6.04. The van der Waals surface area contributed by atoms with Gasteiger partial charge in [-0.2, -0.15) is 5.26 Å². The molecule has 5 rings (SSSR count). The van der Waals surface area contributed by atoms with E-state index < -0.39 is 5.60 Å². The molecule has 4 saturated carbocycles. The average Bonchev–Trinajstić information content (AvgIpc) is 2.68. The van der Waals surface area contributed by atoms with E-state index in [-0.39, 0.29) is 12.1 Å². The van der Waals surface area contributed by atoms with E-state index in [1.54, 1.807) is 0 Å². The van der Waals surface area contributed by atoms with Crippen molar-refractivity contribution < 1.29 is 5.11 Å². The molecule has 4 aliphatic carbocycles. The van der Waals surface area contributed by atoms with E-state index in [0.29, 0.717) is 40.1 Å². The third-order valence-corrected chi connectivity index (χ3v) is 8.12. The van der Waals surface area contributed by atoms with Crippen molar-refractivity contribution >= 4 is 29.0 Å². The van der Waals surface area contributed by atoms with Crippen molar-refractivity contribution in [2.24, 2.45) is 28.5 Å². The number of aliphatic hydroxyl groups is 1. The van der Waals surface area contributed by atoms with Crippen molar-refractivity contribution in [1.29, 1.82) is 5.26 Å².